The zero-order valence-electron chi connectivity index (χ0n) is 18.7. The third-order valence-electron chi connectivity index (χ3n) is 5.09. The van der Waals surface area contributed by atoms with Gasteiger partial charge in [0.1, 0.15) is 11.5 Å². The quantitative estimate of drug-likeness (QED) is 0.124. The summed E-state index contributed by atoms with van der Waals surface area (Å²) in [6, 6.07) is 26.2. The van der Waals surface area contributed by atoms with Crippen molar-refractivity contribution in [3.05, 3.63) is 102 Å². The molecule has 4 rings (SSSR count). The normalized spacial score (nSPS) is 10.8. The molecule has 0 aliphatic rings. The van der Waals surface area contributed by atoms with Gasteiger partial charge in [0.25, 0.3) is 0 Å². The molecule has 0 aromatic heterocycles. The summed E-state index contributed by atoms with van der Waals surface area (Å²) in [4.78, 5) is 12.8. The number of benzene rings is 4. The van der Waals surface area contributed by atoms with Crippen LogP contribution in [-0.4, -0.2) is 24.4 Å². The Morgan fingerprint density at radius 1 is 0.971 bits per heavy atom. The first kappa shape index (κ1) is 22.9. The molecule has 0 fully saturated rings. The number of rotatable bonds is 6. The van der Waals surface area contributed by atoms with Gasteiger partial charge in [-0.2, -0.15) is 5.10 Å². The smallest absolute Gasteiger partial charge is 0.343 e. The lowest BCUT2D eigenvalue weighted by Crippen LogP contribution is -2.23. The zero-order chi connectivity index (χ0) is 23.9. The number of nitrogens with zero attached hydrogens (tertiary/aromatic N) is 1. The molecule has 0 aliphatic heterocycles. The lowest BCUT2D eigenvalue weighted by atomic mass is 10.0. The van der Waals surface area contributed by atoms with Gasteiger partial charge < -0.3 is 14.8 Å². The van der Waals surface area contributed by atoms with Crippen LogP contribution in [0.5, 0.6) is 11.5 Å². The van der Waals surface area contributed by atoms with Gasteiger partial charge >= 0.3 is 5.97 Å². The molecule has 0 radical (unpaired) electrons. The Balaban J connectivity index is 1.54. The van der Waals surface area contributed by atoms with Crippen LogP contribution in [0.15, 0.2) is 90.0 Å². The van der Waals surface area contributed by atoms with Crippen molar-refractivity contribution in [3.63, 3.8) is 0 Å². The monoisotopic (exact) mass is 469 g/mol. The average molecular weight is 470 g/mol. The molecule has 2 N–H and O–H groups in total. The maximum absolute atomic E-state index is 12.8. The Labute approximate surface area is 203 Å². The highest BCUT2D eigenvalue weighted by Gasteiger charge is 2.13. The molecule has 6 nitrogen and oxygen atoms in total. The van der Waals surface area contributed by atoms with Gasteiger partial charge in [-0.05, 0) is 72.4 Å². The molecule has 170 valence electrons. The highest BCUT2D eigenvalue weighted by atomic mass is 32.1. The predicted octanol–water partition coefficient (Wildman–Crippen LogP) is 5.70. The number of esters is 1. The van der Waals surface area contributed by atoms with Crippen molar-refractivity contribution in [2.75, 3.05) is 12.4 Å². The molecule has 0 saturated heterocycles. The fraction of sp³-hybridized carbons (Fsp3) is 0.0741. The van der Waals surface area contributed by atoms with E-state index in [1.807, 2.05) is 73.7 Å². The third-order valence-corrected chi connectivity index (χ3v) is 5.29. The van der Waals surface area contributed by atoms with Crippen LogP contribution in [0, 0.1) is 6.92 Å². The Morgan fingerprint density at radius 3 is 2.53 bits per heavy atom. The van der Waals surface area contributed by atoms with Gasteiger partial charge in [0.05, 0.1) is 18.9 Å². The first-order chi connectivity index (χ1) is 16.5. The number of fused-ring (bicyclic) bond motifs is 1. The summed E-state index contributed by atoms with van der Waals surface area (Å²) in [5.74, 6) is 0.731. The first-order valence-electron chi connectivity index (χ1n) is 10.6. The number of aryl methyl sites for hydroxylation is 1. The van der Waals surface area contributed by atoms with Crippen LogP contribution < -0.4 is 20.2 Å². The summed E-state index contributed by atoms with van der Waals surface area (Å²) in [5.41, 5.74) is 5.74. The summed E-state index contributed by atoms with van der Waals surface area (Å²) in [5, 5.41) is 9.56. The van der Waals surface area contributed by atoms with Crippen LogP contribution in [0.1, 0.15) is 21.5 Å². The molecule has 0 heterocycles. The lowest BCUT2D eigenvalue weighted by Gasteiger charge is -2.11. The SMILES string of the molecule is COc1ccc(NC(=S)N/N=C\c2c(OC(=O)c3cccc(C)c3)ccc3ccccc23)cc1. The number of carbonyl (C=O) groups excluding carboxylic acids is 1. The van der Waals surface area contributed by atoms with Gasteiger partial charge in [-0.15, -0.1) is 0 Å². The molecule has 4 aromatic carbocycles. The van der Waals surface area contributed by atoms with Crippen molar-refractivity contribution < 1.29 is 14.3 Å². The van der Waals surface area contributed by atoms with E-state index in [9.17, 15) is 4.79 Å². The summed E-state index contributed by atoms with van der Waals surface area (Å²) in [6.07, 6.45) is 1.60. The van der Waals surface area contributed by atoms with Gasteiger partial charge in [-0.25, -0.2) is 4.79 Å². The maximum Gasteiger partial charge on any atom is 0.343 e. The van der Waals surface area contributed by atoms with Crippen molar-refractivity contribution >= 4 is 46.0 Å². The van der Waals surface area contributed by atoms with Crippen molar-refractivity contribution in [2.24, 2.45) is 5.10 Å². The number of thiocarbonyl (C=S) groups is 1. The standard InChI is InChI=1S/C27H23N3O3S/c1-18-6-5-8-20(16-18)26(31)33-25-15-10-19-7-3-4-9-23(19)24(25)17-28-30-27(34)29-21-11-13-22(32-2)14-12-21/h3-17H,1-2H3,(H2,29,30,34)/b28-17-. The molecule has 34 heavy (non-hydrogen) atoms. The largest absolute Gasteiger partial charge is 0.497 e. The summed E-state index contributed by atoms with van der Waals surface area (Å²) in [7, 11) is 1.61. The molecular formula is C27H23N3O3S. The van der Waals surface area contributed by atoms with Crippen LogP contribution in [-0.2, 0) is 0 Å². The van der Waals surface area contributed by atoms with E-state index in [0.717, 1.165) is 27.8 Å². The Kier molecular flexibility index (Phi) is 7.15. The number of hydrogen-bond acceptors (Lipinski definition) is 5. The van der Waals surface area contributed by atoms with Gasteiger partial charge in [-0.3, -0.25) is 5.43 Å². The number of hydrogen-bond donors (Lipinski definition) is 2. The number of nitrogens with one attached hydrogen (secondary N) is 2. The molecular weight excluding hydrogens is 446 g/mol. The lowest BCUT2D eigenvalue weighted by molar-refractivity contribution is 0.0734. The minimum Gasteiger partial charge on any atom is -0.497 e. The van der Waals surface area contributed by atoms with E-state index in [2.05, 4.69) is 15.8 Å². The molecule has 0 saturated carbocycles. The molecule has 7 heteroatoms. The summed E-state index contributed by atoms with van der Waals surface area (Å²) in [6.45, 7) is 1.93. The van der Waals surface area contributed by atoms with E-state index >= 15 is 0 Å². The topological polar surface area (TPSA) is 71.9 Å². The number of anilines is 1. The maximum atomic E-state index is 12.8. The second-order valence-corrected chi connectivity index (χ2v) is 7.92. The van der Waals surface area contributed by atoms with Gasteiger partial charge in [-0.1, -0.05) is 48.0 Å². The van der Waals surface area contributed by atoms with Crippen LogP contribution in [0.25, 0.3) is 10.8 Å². The Morgan fingerprint density at radius 2 is 1.76 bits per heavy atom. The number of carbonyl (C=O) groups is 1. The minimum absolute atomic E-state index is 0.319. The molecule has 0 spiro atoms. The van der Waals surface area contributed by atoms with E-state index in [0.29, 0.717) is 22.0 Å². The fourth-order valence-corrected chi connectivity index (χ4v) is 3.59. The Bertz CT molecular complexity index is 1370. The van der Waals surface area contributed by atoms with Crippen molar-refractivity contribution in [2.45, 2.75) is 6.92 Å². The Hall–Kier alpha value is -4.23. The van der Waals surface area contributed by atoms with E-state index in [1.54, 1.807) is 31.5 Å². The van der Waals surface area contributed by atoms with Crippen LogP contribution >= 0.6 is 12.2 Å². The molecule has 0 aliphatic carbocycles. The molecule has 0 atom stereocenters. The van der Waals surface area contributed by atoms with Crippen LogP contribution in [0.4, 0.5) is 5.69 Å². The number of ether oxygens (including phenoxy) is 2. The fourth-order valence-electron chi connectivity index (χ4n) is 3.42. The predicted molar refractivity (Wildman–Crippen MR) is 140 cm³/mol. The van der Waals surface area contributed by atoms with Gasteiger partial charge in [0, 0.05) is 11.3 Å². The molecule has 4 aromatic rings. The first-order valence-corrected chi connectivity index (χ1v) is 11.0. The van der Waals surface area contributed by atoms with Crippen LogP contribution in [0.2, 0.25) is 0 Å². The summed E-state index contributed by atoms with van der Waals surface area (Å²) < 4.78 is 10.9. The van der Waals surface area contributed by atoms with Gasteiger partial charge in [0.2, 0.25) is 0 Å². The van der Waals surface area contributed by atoms with E-state index < -0.39 is 5.97 Å². The molecule has 0 amide bonds. The average Bonchev–Trinajstić information content (AvgIpc) is 2.85. The molecule has 0 unspecified atom stereocenters. The third kappa shape index (κ3) is 5.57. The van der Waals surface area contributed by atoms with Crippen molar-refractivity contribution in [3.8, 4) is 11.5 Å². The number of hydrazone groups is 1. The van der Waals surface area contributed by atoms with Crippen molar-refractivity contribution in [1.29, 1.82) is 0 Å². The van der Waals surface area contributed by atoms with Gasteiger partial charge in [0.15, 0.2) is 5.11 Å². The van der Waals surface area contributed by atoms with Crippen LogP contribution in [0.3, 0.4) is 0 Å². The van der Waals surface area contributed by atoms with E-state index in [4.69, 9.17) is 21.7 Å². The van der Waals surface area contributed by atoms with Crippen molar-refractivity contribution in [1.82, 2.24) is 5.43 Å². The second kappa shape index (κ2) is 10.6. The minimum atomic E-state index is -0.432. The summed E-state index contributed by atoms with van der Waals surface area (Å²) >= 11 is 5.33. The number of methoxy groups -OCH3 is 1. The van der Waals surface area contributed by atoms with E-state index in [-0.39, 0.29) is 0 Å². The van der Waals surface area contributed by atoms with E-state index in [1.165, 1.54) is 0 Å². The second-order valence-electron chi connectivity index (χ2n) is 7.51. The highest BCUT2D eigenvalue weighted by Crippen LogP contribution is 2.27. The highest BCUT2D eigenvalue weighted by molar-refractivity contribution is 7.80. The molecule has 0 bridgehead atoms. The zero-order valence-corrected chi connectivity index (χ0v) is 19.6.